The minimum atomic E-state index is -0.789. The first-order valence-electron chi connectivity index (χ1n) is 4.98. The summed E-state index contributed by atoms with van der Waals surface area (Å²) in [5.41, 5.74) is 9.64. The van der Waals surface area contributed by atoms with Gasteiger partial charge in [0.15, 0.2) is 5.96 Å². The minimum absolute atomic E-state index is 0.0470. The third-order valence-electron chi connectivity index (χ3n) is 2.69. The second-order valence-corrected chi connectivity index (χ2v) is 4.30. The summed E-state index contributed by atoms with van der Waals surface area (Å²) in [5, 5.41) is 7.73. The van der Waals surface area contributed by atoms with Crippen molar-refractivity contribution >= 4 is 17.8 Å². The molecular weight excluding hydrogens is 208 g/mol. The molecular formula is C9H18N6O. The Morgan fingerprint density at radius 2 is 2.00 bits per heavy atom. The largest absolute Gasteiger partial charge is 0.370 e. The van der Waals surface area contributed by atoms with Gasteiger partial charge in [-0.2, -0.15) is 4.99 Å². The summed E-state index contributed by atoms with van der Waals surface area (Å²) in [6.07, 6.45) is 0. The van der Waals surface area contributed by atoms with Gasteiger partial charge in [0.25, 0.3) is 0 Å². The van der Waals surface area contributed by atoms with E-state index in [1.54, 1.807) is 30.7 Å². The number of carbonyl (C=O) groups excluding carboxylic acids is 1. The first-order valence-corrected chi connectivity index (χ1v) is 4.98. The number of carbonyl (C=O) groups is 1. The zero-order valence-corrected chi connectivity index (χ0v) is 9.82. The van der Waals surface area contributed by atoms with Crippen LogP contribution in [0.15, 0.2) is 4.99 Å². The molecule has 1 saturated heterocycles. The molecule has 1 fully saturated rings. The number of hydrogen-bond acceptors (Lipinski definition) is 2. The van der Waals surface area contributed by atoms with Crippen molar-refractivity contribution in [3.8, 4) is 0 Å². The van der Waals surface area contributed by atoms with Crippen molar-refractivity contribution in [2.75, 3.05) is 20.1 Å². The predicted molar refractivity (Wildman–Crippen MR) is 62.0 cm³/mol. The van der Waals surface area contributed by atoms with E-state index >= 15 is 0 Å². The summed E-state index contributed by atoms with van der Waals surface area (Å²) < 4.78 is 0. The van der Waals surface area contributed by atoms with E-state index in [0.29, 0.717) is 13.1 Å². The Bertz CT molecular complexity index is 344. The molecule has 7 heteroatoms. The van der Waals surface area contributed by atoms with Crippen LogP contribution >= 0.6 is 0 Å². The number of guanidine groups is 2. The van der Waals surface area contributed by atoms with Crippen LogP contribution in [-0.2, 0) is 4.79 Å². The number of nitrogens with zero attached hydrogens (tertiary/aromatic N) is 3. The Labute approximate surface area is 94.6 Å². The van der Waals surface area contributed by atoms with E-state index in [4.69, 9.17) is 16.9 Å². The molecule has 90 valence electrons. The Hall–Kier alpha value is -1.79. The lowest BCUT2D eigenvalue weighted by Crippen LogP contribution is -2.63. The number of nitrogens with two attached hydrogens (primary N) is 2. The quantitative estimate of drug-likeness (QED) is 0.354. The van der Waals surface area contributed by atoms with Gasteiger partial charge in [-0.05, 0) is 13.8 Å². The first-order chi connectivity index (χ1) is 7.26. The lowest BCUT2D eigenvalue weighted by Gasteiger charge is -2.44. The van der Waals surface area contributed by atoms with Crippen molar-refractivity contribution in [3.05, 3.63) is 0 Å². The van der Waals surface area contributed by atoms with E-state index in [-0.39, 0.29) is 17.8 Å². The zero-order valence-electron chi connectivity index (χ0n) is 9.82. The maximum Gasteiger partial charge on any atom is 0.247 e. The van der Waals surface area contributed by atoms with Gasteiger partial charge in [-0.3, -0.25) is 10.2 Å². The summed E-state index contributed by atoms with van der Waals surface area (Å²) in [7, 11) is 1.74. The fraction of sp³-hybridized carbons (Fsp3) is 0.667. The van der Waals surface area contributed by atoms with E-state index in [2.05, 4.69) is 4.99 Å². The average Bonchev–Trinajstić information content (AvgIpc) is 2.13. The molecule has 0 unspecified atom stereocenters. The van der Waals surface area contributed by atoms with Crippen LogP contribution in [0.1, 0.15) is 13.8 Å². The highest BCUT2D eigenvalue weighted by atomic mass is 16.2. The van der Waals surface area contributed by atoms with E-state index < -0.39 is 5.54 Å². The number of amides is 1. The Morgan fingerprint density at radius 1 is 1.44 bits per heavy atom. The minimum Gasteiger partial charge on any atom is -0.370 e. The fourth-order valence-electron chi connectivity index (χ4n) is 1.77. The molecule has 1 aliphatic heterocycles. The molecule has 0 saturated carbocycles. The smallest absolute Gasteiger partial charge is 0.247 e. The van der Waals surface area contributed by atoms with Gasteiger partial charge < -0.3 is 21.3 Å². The average molecular weight is 226 g/mol. The van der Waals surface area contributed by atoms with Crippen LogP contribution in [0.3, 0.4) is 0 Å². The first kappa shape index (κ1) is 12.3. The van der Waals surface area contributed by atoms with Crippen molar-refractivity contribution in [2.45, 2.75) is 19.4 Å². The molecule has 1 heterocycles. The van der Waals surface area contributed by atoms with Crippen LogP contribution in [0.2, 0.25) is 0 Å². The Balaban J connectivity index is 2.94. The molecule has 16 heavy (non-hydrogen) atoms. The number of likely N-dealkylation sites (N-methyl/N-ethyl adjacent to an activating group) is 1. The molecule has 1 rings (SSSR count). The maximum absolute atomic E-state index is 11.9. The number of hydrogen-bond donors (Lipinski definition) is 3. The number of aliphatic imine (C=N–C) groups is 1. The summed E-state index contributed by atoms with van der Waals surface area (Å²) in [6, 6.07) is 0. The van der Waals surface area contributed by atoms with Crippen LogP contribution in [0, 0.1) is 5.41 Å². The summed E-state index contributed by atoms with van der Waals surface area (Å²) in [4.78, 5) is 18.8. The third kappa shape index (κ3) is 2.07. The molecule has 5 N–H and O–H groups in total. The normalized spacial score (nSPS) is 19.6. The lowest BCUT2D eigenvalue weighted by molar-refractivity contribution is -0.143. The molecule has 0 aromatic carbocycles. The van der Waals surface area contributed by atoms with Gasteiger partial charge in [0.2, 0.25) is 11.9 Å². The molecule has 7 nitrogen and oxygen atoms in total. The molecule has 0 spiro atoms. The van der Waals surface area contributed by atoms with Gasteiger partial charge in [-0.15, -0.1) is 0 Å². The highest BCUT2D eigenvalue weighted by Gasteiger charge is 2.41. The maximum atomic E-state index is 11.9. The standard InChI is InChI=1S/C9H18N6O/c1-9(2)6(16)14(3)4-5-15(9)8(12)13-7(10)11/h4-5H2,1-3H3,(H5,10,11,12,13). The molecule has 0 aromatic rings. The fourth-order valence-corrected chi connectivity index (χ4v) is 1.77. The zero-order chi connectivity index (χ0) is 12.5. The summed E-state index contributed by atoms with van der Waals surface area (Å²) >= 11 is 0. The van der Waals surface area contributed by atoms with Crippen LogP contribution in [0.5, 0.6) is 0 Å². The van der Waals surface area contributed by atoms with Crippen LogP contribution in [-0.4, -0.2) is 53.3 Å². The number of piperazine rings is 1. The van der Waals surface area contributed by atoms with E-state index in [9.17, 15) is 4.79 Å². The van der Waals surface area contributed by atoms with Gasteiger partial charge in [-0.25, -0.2) is 0 Å². The number of nitrogens with one attached hydrogen (secondary N) is 1. The molecule has 0 aliphatic carbocycles. The summed E-state index contributed by atoms with van der Waals surface area (Å²) in [6.45, 7) is 4.61. The molecule has 0 atom stereocenters. The van der Waals surface area contributed by atoms with Crippen molar-refractivity contribution in [3.63, 3.8) is 0 Å². The van der Waals surface area contributed by atoms with Crippen molar-refractivity contribution < 1.29 is 4.79 Å². The molecule has 0 aromatic heterocycles. The van der Waals surface area contributed by atoms with Gasteiger partial charge in [-0.1, -0.05) is 0 Å². The van der Waals surface area contributed by atoms with Gasteiger partial charge in [0, 0.05) is 20.1 Å². The Morgan fingerprint density at radius 3 is 2.50 bits per heavy atom. The van der Waals surface area contributed by atoms with Crippen LogP contribution in [0.4, 0.5) is 0 Å². The number of rotatable bonds is 0. The molecule has 0 radical (unpaired) electrons. The molecule has 1 aliphatic rings. The highest BCUT2D eigenvalue weighted by Crippen LogP contribution is 2.21. The Kier molecular flexibility index (Phi) is 3.06. The van der Waals surface area contributed by atoms with Crippen LogP contribution < -0.4 is 11.5 Å². The van der Waals surface area contributed by atoms with Gasteiger partial charge >= 0.3 is 0 Å². The molecule has 1 amide bonds. The van der Waals surface area contributed by atoms with Gasteiger partial charge in [0.05, 0.1) is 0 Å². The van der Waals surface area contributed by atoms with Crippen molar-refractivity contribution in [2.24, 2.45) is 16.5 Å². The second kappa shape index (κ2) is 3.99. The second-order valence-electron chi connectivity index (χ2n) is 4.30. The van der Waals surface area contributed by atoms with E-state index in [1.807, 2.05) is 0 Å². The van der Waals surface area contributed by atoms with E-state index in [0.717, 1.165) is 0 Å². The summed E-state index contributed by atoms with van der Waals surface area (Å²) in [5.74, 6) is -0.298. The van der Waals surface area contributed by atoms with Crippen molar-refractivity contribution in [1.82, 2.24) is 9.80 Å². The third-order valence-corrected chi connectivity index (χ3v) is 2.69. The van der Waals surface area contributed by atoms with E-state index in [1.165, 1.54) is 0 Å². The highest BCUT2D eigenvalue weighted by molar-refractivity contribution is 5.96. The predicted octanol–water partition coefficient (Wildman–Crippen LogP) is -1.25. The SMILES string of the molecule is CN1CCN(C(=N)N=C(N)N)C(C)(C)C1=O. The van der Waals surface area contributed by atoms with Crippen molar-refractivity contribution in [1.29, 1.82) is 5.41 Å². The monoisotopic (exact) mass is 226 g/mol. The topological polar surface area (TPSA) is 112 Å². The van der Waals surface area contributed by atoms with Crippen LogP contribution in [0.25, 0.3) is 0 Å². The van der Waals surface area contributed by atoms with Gasteiger partial charge in [0.1, 0.15) is 5.54 Å². The lowest BCUT2D eigenvalue weighted by atomic mass is 9.98. The molecule has 0 bridgehead atoms.